The Morgan fingerprint density at radius 2 is 2.07 bits per heavy atom. The molecule has 0 aliphatic carbocycles. The van der Waals surface area contributed by atoms with Crippen LogP contribution in [0, 0.1) is 6.92 Å². The second kappa shape index (κ2) is 12.7. The topological polar surface area (TPSA) is 193 Å². The maximum atomic E-state index is 13.1. The van der Waals surface area contributed by atoms with E-state index in [1.165, 1.54) is 36.1 Å². The number of nitrogen functional groups attached to an aromatic ring is 1. The Balaban J connectivity index is 1.51. The molecule has 216 valence electrons. The number of carbonyl (C=O) groups excluding carboxylic acids is 4. The van der Waals surface area contributed by atoms with Gasteiger partial charge in [-0.15, -0.1) is 23.1 Å². The van der Waals surface area contributed by atoms with Crippen molar-refractivity contribution in [3.63, 3.8) is 0 Å². The van der Waals surface area contributed by atoms with Crippen LogP contribution in [0.15, 0.2) is 40.0 Å². The summed E-state index contributed by atoms with van der Waals surface area (Å²) in [4.78, 5) is 71.8. The first-order valence-corrected chi connectivity index (χ1v) is 15.0. The van der Waals surface area contributed by atoms with Crippen molar-refractivity contribution < 1.29 is 33.9 Å². The van der Waals surface area contributed by atoms with Crippen molar-refractivity contribution in [3.05, 3.63) is 51.7 Å². The molecule has 41 heavy (non-hydrogen) atoms. The largest absolute Gasteiger partial charge is 0.477 e. The molecule has 5 N–H and O–H groups in total. The number of nitrogens with zero attached hydrogens (tertiary/aromatic N) is 3. The smallest absolute Gasteiger partial charge is 0.352 e. The van der Waals surface area contributed by atoms with Gasteiger partial charge in [0, 0.05) is 23.7 Å². The Labute approximate surface area is 246 Å². The van der Waals surface area contributed by atoms with Gasteiger partial charge in [0.25, 0.3) is 11.8 Å². The van der Waals surface area contributed by atoms with Crippen molar-refractivity contribution in [2.75, 3.05) is 29.7 Å². The fourth-order valence-electron chi connectivity index (χ4n) is 4.31. The summed E-state index contributed by atoms with van der Waals surface area (Å²) >= 11 is 3.35. The zero-order valence-electron chi connectivity index (χ0n) is 22.1. The summed E-state index contributed by atoms with van der Waals surface area (Å²) < 4.78 is 0. The molecule has 0 bridgehead atoms. The van der Waals surface area contributed by atoms with Crippen LogP contribution in [0.3, 0.4) is 0 Å². The number of aromatic nitrogens is 1. The second-order valence-corrected chi connectivity index (χ2v) is 12.1. The van der Waals surface area contributed by atoms with E-state index in [1.54, 1.807) is 19.1 Å². The first kappa shape index (κ1) is 30.1. The number of hydrogen-bond donors (Lipinski definition) is 4. The maximum Gasteiger partial charge on any atom is 0.352 e. The Hall–Kier alpha value is -3.89. The van der Waals surface area contributed by atoms with Crippen molar-refractivity contribution in [1.29, 1.82) is 0 Å². The number of oxime groups is 1. The van der Waals surface area contributed by atoms with Crippen molar-refractivity contribution in [2.45, 2.75) is 31.7 Å². The zero-order valence-corrected chi connectivity index (χ0v) is 24.6. The van der Waals surface area contributed by atoms with E-state index in [9.17, 15) is 29.1 Å². The third-order valence-electron chi connectivity index (χ3n) is 6.23. The van der Waals surface area contributed by atoms with E-state index in [-0.39, 0.29) is 45.4 Å². The summed E-state index contributed by atoms with van der Waals surface area (Å²) in [5, 5.41) is 20.1. The van der Waals surface area contributed by atoms with Crippen molar-refractivity contribution in [1.82, 2.24) is 15.2 Å². The summed E-state index contributed by atoms with van der Waals surface area (Å²) in [5.41, 5.74) is 8.14. The minimum Gasteiger partial charge on any atom is -0.477 e. The van der Waals surface area contributed by atoms with E-state index in [4.69, 9.17) is 10.6 Å². The predicted molar refractivity (Wildman–Crippen MR) is 156 cm³/mol. The Morgan fingerprint density at radius 1 is 1.32 bits per heavy atom. The van der Waals surface area contributed by atoms with Crippen molar-refractivity contribution in [3.8, 4) is 0 Å². The van der Waals surface area contributed by atoms with Crippen LogP contribution in [-0.4, -0.2) is 79.5 Å². The minimum atomic E-state index is -1.26. The number of anilines is 2. The van der Waals surface area contributed by atoms with Crippen LogP contribution in [0.25, 0.3) is 0 Å². The fourth-order valence-corrected chi connectivity index (χ4v) is 6.61. The normalized spacial score (nSPS) is 18.4. The molecular formula is C25H26N6O7S3. The third-order valence-corrected chi connectivity index (χ3v) is 9.06. The second-order valence-electron chi connectivity index (χ2n) is 8.91. The lowest BCUT2D eigenvalue weighted by Gasteiger charge is -2.49. The van der Waals surface area contributed by atoms with Gasteiger partial charge in [-0.1, -0.05) is 29.1 Å². The van der Waals surface area contributed by atoms with E-state index in [1.807, 2.05) is 6.07 Å². The van der Waals surface area contributed by atoms with E-state index >= 15 is 0 Å². The summed E-state index contributed by atoms with van der Waals surface area (Å²) in [6, 6.07) is 4.31. The van der Waals surface area contributed by atoms with Gasteiger partial charge in [0.1, 0.15) is 29.9 Å². The predicted octanol–water partition coefficient (Wildman–Crippen LogP) is 1.58. The molecule has 1 aromatic carbocycles. The van der Waals surface area contributed by atoms with Gasteiger partial charge in [-0.3, -0.25) is 24.1 Å². The van der Waals surface area contributed by atoms with Gasteiger partial charge in [0.15, 0.2) is 16.0 Å². The molecule has 2 atom stereocenters. The molecule has 1 fully saturated rings. The number of carboxylic acids is 1. The van der Waals surface area contributed by atoms with Gasteiger partial charge in [0.2, 0.25) is 5.91 Å². The highest BCUT2D eigenvalue weighted by Crippen LogP contribution is 2.41. The zero-order chi connectivity index (χ0) is 29.8. The van der Waals surface area contributed by atoms with Crippen LogP contribution in [0.2, 0.25) is 0 Å². The monoisotopic (exact) mass is 618 g/mol. The highest BCUT2D eigenvalue weighted by molar-refractivity contribution is 8.14. The van der Waals surface area contributed by atoms with Gasteiger partial charge in [-0.2, -0.15) is 0 Å². The number of benzene rings is 1. The average Bonchev–Trinajstić information content (AvgIpc) is 3.36. The van der Waals surface area contributed by atoms with Crippen LogP contribution in [0.4, 0.5) is 10.8 Å². The maximum absolute atomic E-state index is 13.1. The molecule has 3 amide bonds. The number of fused-ring (bicyclic) bond motifs is 1. The van der Waals surface area contributed by atoms with E-state index in [2.05, 4.69) is 20.8 Å². The third kappa shape index (κ3) is 6.55. The molecule has 13 nitrogen and oxygen atoms in total. The number of aliphatic carboxylic acids is 1. The highest BCUT2D eigenvalue weighted by Gasteiger charge is 2.54. The fraction of sp³-hybridized carbons (Fsp3) is 0.320. The molecule has 16 heteroatoms. The molecule has 2 aliphatic heterocycles. The summed E-state index contributed by atoms with van der Waals surface area (Å²) in [6.07, 6.45) is 0.232. The van der Waals surface area contributed by atoms with Crippen molar-refractivity contribution in [2.24, 2.45) is 5.16 Å². The number of rotatable bonds is 10. The first-order chi connectivity index (χ1) is 19.5. The number of hydrogen-bond acceptors (Lipinski definition) is 12. The molecule has 2 aromatic rings. The molecule has 0 saturated carbocycles. The number of nitrogens with two attached hydrogens (primary N) is 1. The highest BCUT2D eigenvalue weighted by atomic mass is 32.2. The standard InChI is InChI=1S/C25H26N6O7S3/c1-11-13(5-4-6-15(11)27-17(33)10-39-12(2)32)7-14-8-40-23-19(22(35)31(23)20(14)24(36)37)29-21(34)18(30-38-3)16-9-41-25(26)28-16/h4-6,9,19,23H,7-8,10H2,1-3H3,(H2,26,28)(H,27,33)(H,29,34)(H,36,37)/b30-18+/t19-,23-/m1/s1. The number of nitrogens with one attached hydrogen (secondary N) is 2. The van der Waals surface area contributed by atoms with E-state index in [0.717, 1.165) is 34.2 Å². The summed E-state index contributed by atoms with van der Waals surface area (Å²) in [5.74, 6) is -2.58. The number of carbonyl (C=O) groups is 5. The van der Waals surface area contributed by atoms with Crippen LogP contribution < -0.4 is 16.4 Å². The molecule has 4 rings (SSSR count). The molecule has 0 unspecified atom stereocenters. The van der Waals surface area contributed by atoms with Gasteiger partial charge in [-0.25, -0.2) is 9.78 Å². The van der Waals surface area contributed by atoms with Gasteiger partial charge in [-0.05, 0) is 36.1 Å². The van der Waals surface area contributed by atoms with Crippen molar-refractivity contribution >= 4 is 80.2 Å². The van der Waals surface area contributed by atoms with Gasteiger partial charge < -0.3 is 26.3 Å². The number of β-lactam (4-membered cyclic amide) rings is 1. The number of amides is 3. The quantitative estimate of drug-likeness (QED) is 0.172. The van der Waals surface area contributed by atoms with Gasteiger partial charge >= 0.3 is 5.97 Å². The number of carboxylic acid groups (broad SMARTS) is 1. The molecule has 2 aliphatic rings. The Kier molecular flexibility index (Phi) is 9.35. The minimum absolute atomic E-state index is 0.0171. The van der Waals surface area contributed by atoms with Crippen LogP contribution in [0.5, 0.6) is 0 Å². The van der Waals surface area contributed by atoms with Crippen LogP contribution in [0.1, 0.15) is 23.7 Å². The van der Waals surface area contributed by atoms with E-state index in [0.29, 0.717) is 17.0 Å². The lowest BCUT2D eigenvalue weighted by molar-refractivity contribution is -0.150. The molecule has 0 spiro atoms. The summed E-state index contributed by atoms with van der Waals surface area (Å²) in [6.45, 7) is 3.19. The number of thiazole rings is 1. The Morgan fingerprint density at radius 3 is 2.71 bits per heavy atom. The summed E-state index contributed by atoms with van der Waals surface area (Å²) in [7, 11) is 1.26. The molecule has 1 saturated heterocycles. The van der Waals surface area contributed by atoms with Crippen LogP contribution >= 0.6 is 34.9 Å². The lowest BCUT2D eigenvalue weighted by atomic mass is 9.96. The lowest BCUT2D eigenvalue weighted by Crippen LogP contribution is -2.71. The molecule has 0 radical (unpaired) electrons. The van der Waals surface area contributed by atoms with Crippen LogP contribution in [-0.2, 0) is 35.2 Å². The molecular weight excluding hydrogens is 593 g/mol. The van der Waals surface area contributed by atoms with E-state index < -0.39 is 29.2 Å². The number of thioether (sulfide) groups is 2. The molecule has 1 aromatic heterocycles. The molecule has 3 heterocycles. The Bertz CT molecular complexity index is 1490. The SMILES string of the molecule is CO/N=C(/C(=O)N[C@@H]1C(=O)N2C(C(=O)O)=C(Cc3cccc(NC(=O)CSC(C)=O)c3C)CS[C@H]12)c1csc(N)n1. The average molecular weight is 619 g/mol. The first-order valence-electron chi connectivity index (χ1n) is 12.1. The van der Waals surface area contributed by atoms with Gasteiger partial charge in [0.05, 0.1) is 5.75 Å².